The van der Waals surface area contributed by atoms with Gasteiger partial charge in [-0.1, -0.05) is 17.7 Å². The molecule has 1 unspecified atom stereocenters. The molecular weight excluding hydrogens is 318 g/mol. The molecule has 1 rings (SSSR count). The zero-order valence-corrected chi connectivity index (χ0v) is 11.1. The van der Waals surface area contributed by atoms with Gasteiger partial charge in [0.25, 0.3) is 0 Å². The summed E-state index contributed by atoms with van der Waals surface area (Å²) in [6.45, 7) is 0. The molecule has 0 radical (unpaired) electrons. The number of hydrogen-bond donors (Lipinski definition) is 2. The highest BCUT2D eigenvalue weighted by atomic mass is 35.5. The van der Waals surface area contributed by atoms with Gasteiger partial charge in [0, 0.05) is 10.6 Å². The van der Waals surface area contributed by atoms with Gasteiger partial charge < -0.3 is 10.4 Å². The molecule has 0 saturated heterocycles. The van der Waals surface area contributed by atoms with Crippen LogP contribution in [0.15, 0.2) is 18.2 Å². The molecule has 9 heteroatoms. The Morgan fingerprint density at radius 1 is 1.33 bits per heavy atom. The van der Waals surface area contributed by atoms with Crippen LogP contribution in [0.25, 0.3) is 0 Å². The number of benzene rings is 1. The second-order valence-electron chi connectivity index (χ2n) is 4.15. The van der Waals surface area contributed by atoms with Crippen LogP contribution in [0.5, 0.6) is 0 Å². The Bertz CT molecular complexity index is 528. The third-order valence-electron chi connectivity index (χ3n) is 2.47. The van der Waals surface area contributed by atoms with Crippen molar-refractivity contribution in [1.29, 1.82) is 0 Å². The standard InChI is InChI=1S/C12H10ClF4NO3/c13-7-2-1-3-8(14)6(7)4-10(19)18-9(11(20)21)5-12(15,16)17/h1-3,9H,4-5H2,(H,18,19)(H,20,21). The highest BCUT2D eigenvalue weighted by molar-refractivity contribution is 6.31. The molecule has 0 aliphatic carbocycles. The highest BCUT2D eigenvalue weighted by Gasteiger charge is 2.36. The van der Waals surface area contributed by atoms with Crippen molar-refractivity contribution in [3.8, 4) is 0 Å². The first-order valence-electron chi connectivity index (χ1n) is 5.62. The monoisotopic (exact) mass is 327 g/mol. The topological polar surface area (TPSA) is 66.4 Å². The summed E-state index contributed by atoms with van der Waals surface area (Å²) < 4.78 is 49.9. The van der Waals surface area contributed by atoms with Gasteiger partial charge in [-0.25, -0.2) is 9.18 Å². The first kappa shape index (κ1) is 17.2. The molecule has 0 saturated carbocycles. The van der Waals surface area contributed by atoms with Crippen molar-refractivity contribution in [3.63, 3.8) is 0 Å². The second-order valence-corrected chi connectivity index (χ2v) is 4.56. The molecule has 1 atom stereocenters. The Kier molecular flexibility index (Phi) is 5.54. The Morgan fingerprint density at radius 3 is 2.43 bits per heavy atom. The van der Waals surface area contributed by atoms with Crippen molar-refractivity contribution in [2.75, 3.05) is 0 Å². The van der Waals surface area contributed by atoms with Crippen molar-refractivity contribution in [1.82, 2.24) is 5.32 Å². The number of carbonyl (C=O) groups is 2. The zero-order valence-electron chi connectivity index (χ0n) is 10.4. The van der Waals surface area contributed by atoms with Gasteiger partial charge in [0.1, 0.15) is 11.9 Å². The number of carboxylic acids is 1. The molecule has 0 aromatic heterocycles. The number of alkyl halides is 3. The van der Waals surface area contributed by atoms with Crippen LogP contribution in [-0.4, -0.2) is 29.2 Å². The summed E-state index contributed by atoms with van der Waals surface area (Å²) >= 11 is 5.66. The SMILES string of the molecule is O=C(Cc1c(F)cccc1Cl)NC(CC(F)(F)F)C(=O)O. The minimum absolute atomic E-state index is 0.0761. The molecule has 0 fully saturated rings. The lowest BCUT2D eigenvalue weighted by atomic mass is 10.1. The number of halogens is 5. The minimum Gasteiger partial charge on any atom is -0.480 e. The zero-order chi connectivity index (χ0) is 16.2. The van der Waals surface area contributed by atoms with Crippen LogP contribution in [0, 0.1) is 5.82 Å². The van der Waals surface area contributed by atoms with Crippen molar-refractivity contribution < 1.29 is 32.3 Å². The summed E-state index contributed by atoms with van der Waals surface area (Å²) in [6.07, 6.45) is -7.14. The molecule has 0 aliphatic heterocycles. The van der Waals surface area contributed by atoms with Crippen molar-refractivity contribution in [2.45, 2.75) is 25.1 Å². The summed E-state index contributed by atoms with van der Waals surface area (Å²) in [5, 5.41) is 10.3. The maximum atomic E-state index is 13.4. The summed E-state index contributed by atoms with van der Waals surface area (Å²) in [6, 6.07) is 1.49. The summed E-state index contributed by atoms with van der Waals surface area (Å²) in [7, 11) is 0. The lowest BCUT2D eigenvalue weighted by Crippen LogP contribution is -2.44. The van der Waals surface area contributed by atoms with E-state index in [0.717, 1.165) is 6.07 Å². The van der Waals surface area contributed by atoms with Gasteiger partial charge in [-0.3, -0.25) is 4.79 Å². The average molecular weight is 328 g/mol. The van der Waals surface area contributed by atoms with Gasteiger partial charge in [-0.15, -0.1) is 0 Å². The van der Waals surface area contributed by atoms with Gasteiger partial charge >= 0.3 is 12.1 Å². The van der Waals surface area contributed by atoms with Gasteiger partial charge in [0.2, 0.25) is 5.91 Å². The fourth-order valence-corrected chi connectivity index (χ4v) is 1.77. The van der Waals surface area contributed by atoms with Gasteiger partial charge in [-0.2, -0.15) is 13.2 Å². The lowest BCUT2D eigenvalue weighted by molar-refractivity contribution is -0.159. The van der Waals surface area contributed by atoms with Crippen LogP contribution < -0.4 is 5.32 Å². The average Bonchev–Trinajstić information content (AvgIpc) is 2.31. The maximum Gasteiger partial charge on any atom is 0.391 e. The summed E-state index contributed by atoms with van der Waals surface area (Å²) in [5.41, 5.74) is -0.215. The number of nitrogens with one attached hydrogen (secondary N) is 1. The predicted octanol–water partition coefficient (Wildman–Crippen LogP) is 2.54. The van der Waals surface area contributed by atoms with E-state index in [1.54, 1.807) is 5.32 Å². The van der Waals surface area contributed by atoms with E-state index in [9.17, 15) is 27.2 Å². The van der Waals surface area contributed by atoms with E-state index in [-0.39, 0.29) is 10.6 Å². The third kappa shape index (κ3) is 5.58. The van der Waals surface area contributed by atoms with Gasteiger partial charge in [0.05, 0.1) is 12.8 Å². The number of carbonyl (C=O) groups excluding carboxylic acids is 1. The Morgan fingerprint density at radius 2 is 1.95 bits per heavy atom. The molecule has 1 amide bonds. The van der Waals surface area contributed by atoms with Gasteiger partial charge in [0.15, 0.2) is 0 Å². The molecular formula is C12H10ClF4NO3. The molecule has 0 bridgehead atoms. The van der Waals surface area contributed by atoms with Crippen LogP contribution in [0.1, 0.15) is 12.0 Å². The first-order valence-corrected chi connectivity index (χ1v) is 6.00. The normalized spacial score (nSPS) is 12.8. The van der Waals surface area contributed by atoms with Crippen molar-refractivity contribution in [2.24, 2.45) is 0 Å². The van der Waals surface area contributed by atoms with Crippen LogP contribution >= 0.6 is 11.6 Å². The summed E-state index contributed by atoms with van der Waals surface area (Å²) in [4.78, 5) is 22.2. The van der Waals surface area contributed by atoms with E-state index in [0.29, 0.717) is 0 Å². The molecule has 0 aliphatic rings. The smallest absolute Gasteiger partial charge is 0.391 e. The van der Waals surface area contributed by atoms with Crippen LogP contribution in [0.3, 0.4) is 0 Å². The Balaban J connectivity index is 2.77. The molecule has 2 N–H and O–H groups in total. The Hall–Kier alpha value is -1.83. The molecule has 0 spiro atoms. The second kappa shape index (κ2) is 6.75. The quantitative estimate of drug-likeness (QED) is 0.817. The largest absolute Gasteiger partial charge is 0.480 e. The Labute approximate surface area is 121 Å². The first-order chi connectivity index (χ1) is 9.60. The van der Waals surface area contributed by atoms with E-state index < -0.39 is 42.8 Å². The van der Waals surface area contributed by atoms with E-state index >= 15 is 0 Å². The predicted molar refractivity (Wildman–Crippen MR) is 65.4 cm³/mol. The highest BCUT2D eigenvalue weighted by Crippen LogP contribution is 2.22. The van der Waals surface area contributed by atoms with E-state index in [4.69, 9.17) is 16.7 Å². The van der Waals surface area contributed by atoms with Crippen LogP contribution in [0.2, 0.25) is 5.02 Å². The minimum atomic E-state index is -4.76. The van der Waals surface area contributed by atoms with E-state index in [2.05, 4.69) is 0 Å². The van der Waals surface area contributed by atoms with E-state index in [1.807, 2.05) is 0 Å². The number of hydrogen-bond acceptors (Lipinski definition) is 2. The van der Waals surface area contributed by atoms with Crippen molar-refractivity contribution in [3.05, 3.63) is 34.6 Å². The van der Waals surface area contributed by atoms with Gasteiger partial charge in [-0.05, 0) is 12.1 Å². The molecule has 116 valence electrons. The third-order valence-corrected chi connectivity index (χ3v) is 2.82. The molecule has 0 heterocycles. The maximum absolute atomic E-state index is 13.4. The lowest BCUT2D eigenvalue weighted by Gasteiger charge is -2.16. The van der Waals surface area contributed by atoms with E-state index in [1.165, 1.54) is 12.1 Å². The number of rotatable bonds is 5. The molecule has 4 nitrogen and oxygen atoms in total. The fraction of sp³-hybridized carbons (Fsp3) is 0.333. The van der Waals surface area contributed by atoms with Crippen LogP contribution in [-0.2, 0) is 16.0 Å². The van der Waals surface area contributed by atoms with Crippen LogP contribution in [0.4, 0.5) is 17.6 Å². The summed E-state index contributed by atoms with van der Waals surface area (Å²) in [5.74, 6) is -3.71. The fourth-order valence-electron chi connectivity index (χ4n) is 1.54. The number of carboxylic acid groups (broad SMARTS) is 1. The molecule has 1 aromatic carbocycles. The molecule has 21 heavy (non-hydrogen) atoms. The molecule has 1 aromatic rings. The number of aliphatic carboxylic acids is 1. The van der Waals surface area contributed by atoms with Crippen molar-refractivity contribution >= 4 is 23.5 Å². The number of amides is 1.